The van der Waals surface area contributed by atoms with Crippen LogP contribution in [0.5, 0.6) is 0 Å². The zero-order chi connectivity index (χ0) is 15.1. The largest absolute Gasteiger partial charge is 0.382 e. The summed E-state index contributed by atoms with van der Waals surface area (Å²) in [4.78, 5) is 12.7. The lowest BCUT2D eigenvalue weighted by Crippen LogP contribution is -2.57. The van der Waals surface area contributed by atoms with Gasteiger partial charge in [-0.1, -0.05) is 54.6 Å². The van der Waals surface area contributed by atoms with E-state index in [9.17, 15) is 15.0 Å². The molecule has 1 aliphatic rings. The van der Waals surface area contributed by atoms with Crippen LogP contribution in [0.25, 0.3) is 0 Å². The maximum absolute atomic E-state index is 12.7. The number of fused-ring (bicyclic) bond motifs is 1. The van der Waals surface area contributed by atoms with E-state index in [0.717, 1.165) is 5.56 Å². The Balaban J connectivity index is 2.08. The molecular formula is C18H18O3. The molecule has 0 unspecified atom stereocenters. The molecule has 3 heteroatoms. The van der Waals surface area contributed by atoms with E-state index >= 15 is 0 Å². The first kappa shape index (κ1) is 14.0. The predicted molar refractivity (Wildman–Crippen MR) is 80.1 cm³/mol. The monoisotopic (exact) mass is 282 g/mol. The number of hydrogen-bond donors (Lipinski definition) is 2. The van der Waals surface area contributed by atoms with Gasteiger partial charge in [0.05, 0.1) is 0 Å². The van der Waals surface area contributed by atoms with Crippen LogP contribution in [0.15, 0.2) is 54.6 Å². The van der Waals surface area contributed by atoms with Crippen LogP contribution < -0.4 is 0 Å². The van der Waals surface area contributed by atoms with Gasteiger partial charge in [0.25, 0.3) is 0 Å². The topological polar surface area (TPSA) is 57.5 Å². The highest BCUT2D eigenvalue weighted by molar-refractivity contribution is 6.05. The molecule has 0 bridgehead atoms. The Kier molecular flexibility index (Phi) is 3.19. The SMILES string of the molecule is C[C@](O)(c1ccccc1)[C@@]1(O)CCc2ccccc2C1=O. The minimum absolute atomic E-state index is 0.213. The Morgan fingerprint density at radius 1 is 1.05 bits per heavy atom. The van der Waals surface area contributed by atoms with E-state index in [1.807, 2.05) is 18.2 Å². The molecule has 0 heterocycles. The van der Waals surface area contributed by atoms with E-state index in [0.29, 0.717) is 17.5 Å². The summed E-state index contributed by atoms with van der Waals surface area (Å²) in [6, 6.07) is 16.1. The van der Waals surface area contributed by atoms with Gasteiger partial charge in [-0.25, -0.2) is 0 Å². The molecule has 2 aromatic rings. The molecular weight excluding hydrogens is 264 g/mol. The lowest BCUT2D eigenvalue weighted by atomic mass is 9.68. The van der Waals surface area contributed by atoms with Gasteiger partial charge in [0.15, 0.2) is 11.4 Å². The van der Waals surface area contributed by atoms with Gasteiger partial charge < -0.3 is 10.2 Å². The molecule has 0 aromatic heterocycles. The summed E-state index contributed by atoms with van der Waals surface area (Å²) in [6.07, 6.45) is 0.784. The zero-order valence-electron chi connectivity index (χ0n) is 11.9. The Morgan fingerprint density at radius 3 is 2.38 bits per heavy atom. The summed E-state index contributed by atoms with van der Waals surface area (Å²) in [7, 11) is 0. The van der Waals surface area contributed by atoms with E-state index in [-0.39, 0.29) is 6.42 Å². The number of benzene rings is 2. The normalized spacial score (nSPS) is 24.2. The molecule has 0 spiro atoms. The standard InChI is InChI=1S/C18H18O3/c1-17(20,14-8-3-2-4-9-14)18(21)12-11-13-7-5-6-10-15(13)16(18)19/h2-10,20-21H,11-12H2,1H3/t17-,18+/m0/s1. The van der Waals surface area contributed by atoms with Gasteiger partial charge >= 0.3 is 0 Å². The summed E-state index contributed by atoms with van der Waals surface area (Å²) < 4.78 is 0. The van der Waals surface area contributed by atoms with Crippen molar-refractivity contribution in [3.05, 3.63) is 71.3 Å². The number of rotatable bonds is 2. The van der Waals surface area contributed by atoms with Gasteiger partial charge in [0, 0.05) is 5.56 Å². The van der Waals surface area contributed by atoms with Gasteiger partial charge in [0.2, 0.25) is 0 Å². The van der Waals surface area contributed by atoms with E-state index < -0.39 is 17.0 Å². The molecule has 0 aliphatic heterocycles. The fraction of sp³-hybridized carbons (Fsp3) is 0.278. The molecule has 3 nitrogen and oxygen atoms in total. The van der Waals surface area contributed by atoms with Crippen LogP contribution in [0.4, 0.5) is 0 Å². The first-order valence-corrected chi connectivity index (χ1v) is 7.10. The van der Waals surface area contributed by atoms with Crippen LogP contribution in [0.1, 0.15) is 34.8 Å². The third-order valence-corrected chi connectivity index (χ3v) is 4.53. The molecule has 2 atom stereocenters. The molecule has 0 amide bonds. The number of hydrogen-bond acceptors (Lipinski definition) is 3. The number of aliphatic hydroxyl groups is 2. The Labute approximate surface area is 123 Å². The van der Waals surface area contributed by atoms with Crippen LogP contribution in [0.3, 0.4) is 0 Å². The Morgan fingerprint density at radius 2 is 1.67 bits per heavy atom. The van der Waals surface area contributed by atoms with Crippen LogP contribution in [-0.4, -0.2) is 21.6 Å². The average molecular weight is 282 g/mol. The van der Waals surface area contributed by atoms with E-state index in [4.69, 9.17) is 0 Å². The van der Waals surface area contributed by atoms with Crippen molar-refractivity contribution in [1.82, 2.24) is 0 Å². The smallest absolute Gasteiger partial charge is 0.197 e. The number of ketones is 1. The Hall–Kier alpha value is -1.97. The second-order valence-electron chi connectivity index (χ2n) is 5.78. The predicted octanol–water partition coefficient (Wildman–Crippen LogP) is 2.45. The van der Waals surface area contributed by atoms with Crippen molar-refractivity contribution in [3.63, 3.8) is 0 Å². The van der Waals surface area contributed by atoms with Crippen LogP contribution >= 0.6 is 0 Å². The average Bonchev–Trinajstić information content (AvgIpc) is 2.52. The lowest BCUT2D eigenvalue weighted by molar-refractivity contribution is -0.125. The zero-order valence-corrected chi connectivity index (χ0v) is 11.9. The summed E-state index contributed by atoms with van der Waals surface area (Å²) in [6.45, 7) is 1.51. The minimum Gasteiger partial charge on any atom is -0.382 e. The molecule has 0 fully saturated rings. The van der Waals surface area contributed by atoms with Crippen LogP contribution in [0, 0.1) is 0 Å². The second kappa shape index (κ2) is 4.79. The fourth-order valence-electron chi connectivity index (χ4n) is 3.08. The molecule has 108 valence electrons. The van der Waals surface area contributed by atoms with Gasteiger partial charge in [-0.2, -0.15) is 0 Å². The molecule has 2 N–H and O–H groups in total. The highest BCUT2D eigenvalue weighted by Crippen LogP contribution is 2.41. The fourth-order valence-corrected chi connectivity index (χ4v) is 3.08. The molecule has 0 saturated heterocycles. The number of Topliss-reactive ketones (excluding diaryl/α,β-unsaturated/α-hetero) is 1. The molecule has 1 aliphatic carbocycles. The van der Waals surface area contributed by atoms with E-state index in [2.05, 4.69) is 0 Å². The maximum Gasteiger partial charge on any atom is 0.197 e. The van der Waals surface area contributed by atoms with Crippen molar-refractivity contribution in [2.45, 2.75) is 31.0 Å². The van der Waals surface area contributed by atoms with Gasteiger partial charge in [-0.05, 0) is 30.9 Å². The highest BCUT2D eigenvalue weighted by Gasteiger charge is 2.54. The second-order valence-corrected chi connectivity index (χ2v) is 5.78. The van der Waals surface area contributed by atoms with Crippen molar-refractivity contribution in [2.75, 3.05) is 0 Å². The molecule has 0 radical (unpaired) electrons. The van der Waals surface area contributed by atoms with Crippen LogP contribution in [0.2, 0.25) is 0 Å². The van der Waals surface area contributed by atoms with E-state index in [1.165, 1.54) is 6.92 Å². The number of carbonyl (C=O) groups excluding carboxylic acids is 1. The molecule has 3 rings (SSSR count). The van der Waals surface area contributed by atoms with Crippen molar-refractivity contribution in [3.8, 4) is 0 Å². The molecule has 0 saturated carbocycles. The van der Waals surface area contributed by atoms with Gasteiger partial charge in [0.1, 0.15) is 5.60 Å². The van der Waals surface area contributed by atoms with Gasteiger partial charge in [-0.15, -0.1) is 0 Å². The van der Waals surface area contributed by atoms with Crippen molar-refractivity contribution in [1.29, 1.82) is 0 Å². The first-order chi connectivity index (χ1) is 9.97. The summed E-state index contributed by atoms with van der Waals surface area (Å²) in [5, 5.41) is 21.9. The van der Waals surface area contributed by atoms with Crippen molar-refractivity contribution < 1.29 is 15.0 Å². The van der Waals surface area contributed by atoms with E-state index in [1.54, 1.807) is 36.4 Å². The molecule has 21 heavy (non-hydrogen) atoms. The third-order valence-electron chi connectivity index (χ3n) is 4.53. The lowest BCUT2D eigenvalue weighted by Gasteiger charge is -2.43. The summed E-state index contributed by atoms with van der Waals surface area (Å²) >= 11 is 0. The summed E-state index contributed by atoms with van der Waals surface area (Å²) in [5.74, 6) is -0.404. The molecule has 2 aromatic carbocycles. The Bertz CT molecular complexity index is 676. The minimum atomic E-state index is -1.80. The maximum atomic E-state index is 12.7. The third kappa shape index (κ3) is 2.01. The number of carbonyl (C=O) groups is 1. The number of aryl methyl sites for hydroxylation is 1. The van der Waals surface area contributed by atoms with Gasteiger partial charge in [-0.3, -0.25) is 4.79 Å². The van der Waals surface area contributed by atoms with Crippen molar-refractivity contribution >= 4 is 5.78 Å². The quantitative estimate of drug-likeness (QED) is 0.889. The van der Waals surface area contributed by atoms with Crippen molar-refractivity contribution in [2.24, 2.45) is 0 Å². The summed E-state index contributed by atoms with van der Waals surface area (Å²) in [5.41, 5.74) is -1.46. The van der Waals surface area contributed by atoms with Crippen LogP contribution in [-0.2, 0) is 12.0 Å². The first-order valence-electron chi connectivity index (χ1n) is 7.10. The highest BCUT2D eigenvalue weighted by atomic mass is 16.4.